The molecule has 1 aromatic rings. The lowest BCUT2D eigenvalue weighted by Crippen LogP contribution is -2.45. The van der Waals surface area contributed by atoms with Crippen LogP contribution < -0.4 is 10.6 Å². The Bertz CT molecular complexity index is 467. The van der Waals surface area contributed by atoms with Gasteiger partial charge in [0.1, 0.15) is 0 Å². The standard InChI is InChI=1S/C15H21ClN2O2/c1-10(7-11-5-3-4-6-13(11)16)18-15(19)12-8-20-9-14(12)17-2/h3-6,10,12,14,17H,7-9H2,1-2H3,(H,18,19). The zero-order valence-corrected chi connectivity index (χ0v) is 12.6. The number of benzene rings is 1. The highest BCUT2D eigenvalue weighted by molar-refractivity contribution is 6.31. The third kappa shape index (κ3) is 3.72. The van der Waals surface area contributed by atoms with Gasteiger partial charge in [0.2, 0.25) is 5.91 Å². The summed E-state index contributed by atoms with van der Waals surface area (Å²) in [5, 5.41) is 6.91. The Hall–Kier alpha value is -1.10. The van der Waals surface area contributed by atoms with Crippen molar-refractivity contribution in [1.29, 1.82) is 0 Å². The average Bonchev–Trinajstić information content (AvgIpc) is 2.89. The van der Waals surface area contributed by atoms with E-state index in [0.29, 0.717) is 13.2 Å². The van der Waals surface area contributed by atoms with Gasteiger partial charge < -0.3 is 15.4 Å². The predicted octanol–water partition coefficient (Wildman–Crippen LogP) is 1.62. The number of carbonyl (C=O) groups excluding carboxylic acids is 1. The topological polar surface area (TPSA) is 50.4 Å². The van der Waals surface area contributed by atoms with Gasteiger partial charge in [0, 0.05) is 17.1 Å². The highest BCUT2D eigenvalue weighted by Gasteiger charge is 2.33. The van der Waals surface area contributed by atoms with Crippen LogP contribution >= 0.6 is 11.6 Å². The summed E-state index contributed by atoms with van der Waals surface area (Å²) in [7, 11) is 1.85. The van der Waals surface area contributed by atoms with E-state index in [-0.39, 0.29) is 23.9 Å². The summed E-state index contributed by atoms with van der Waals surface area (Å²) >= 11 is 6.13. The van der Waals surface area contributed by atoms with Crippen LogP contribution in [-0.4, -0.2) is 38.3 Å². The van der Waals surface area contributed by atoms with Gasteiger partial charge in [0.15, 0.2) is 0 Å². The SMILES string of the molecule is CNC1COCC1C(=O)NC(C)Cc1ccccc1Cl. The number of ether oxygens (including phenoxy) is 1. The quantitative estimate of drug-likeness (QED) is 0.868. The normalized spacial score (nSPS) is 23.6. The first-order valence-electron chi connectivity index (χ1n) is 6.90. The first kappa shape index (κ1) is 15.3. The molecule has 0 aliphatic carbocycles. The van der Waals surface area contributed by atoms with Crippen molar-refractivity contribution in [1.82, 2.24) is 10.6 Å². The molecule has 1 amide bonds. The van der Waals surface area contributed by atoms with Crippen LogP contribution in [0.15, 0.2) is 24.3 Å². The molecule has 20 heavy (non-hydrogen) atoms. The van der Waals surface area contributed by atoms with E-state index in [2.05, 4.69) is 10.6 Å². The summed E-state index contributed by atoms with van der Waals surface area (Å²) in [6, 6.07) is 7.86. The maximum atomic E-state index is 12.2. The maximum Gasteiger partial charge on any atom is 0.227 e. The van der Waals surface area contributed by atoms with Gasteiger partial charge >= 0.3 is 0 Å². The molecular weight excluding hydrogens is 276 g/mol. The van der Waals surface area contributed by atoms with Crippen LogP contribution in [0, 0.1) is 5.92 Å². The van der Waals surface area contributed by atoms with Gasteiger partial charge in [-0.25, -0.2) is 0 Å². The van der Waals surface area contributed by atoms with Gasteiger partial charge in [-0.05, 0) is 32.0 Å². The summed E-state index contributed by atoms with van der Waals surface area (Å²) in [5.74, 6) is -0.0740. The lowest BCUT2D eigenvalue weighted by atomic mass is 10.0. The molecule has 1 aromatic carbocycles. The van der Waals surface area contributed by atoms with Crippen molar-refractivity contribution in [2.45, 2.75) is 25.4 Å². The highest BCUT2D eigenvalue weighted by atomic mass is 35.5. The minimum absolute atomic E-state index is 0.0421. The van der Waals surface area contributed by atoms with Crippen molar-refractivity contribution in [3.05, 3.63) is 34.9 Å². The molecule has 3 atom stereocenters. The number of amides is 1. The van der Waals surface area contributed by atoms with E-state index < -0.39 is 0 Å². The smallest absolute Gasteiger partial charge is 0.227 e. The third-order valence-corrected chi connectivity index (χ3v) is 4.03. The van der Waals surface area contributed by atoms with E-state index >= 15 is 0 Å². The van der Waals surface area contributed by atoms with Crippen LogP contribution in [-0.2, 0) is 16.0 Å². The van der Waals surface area contributed by atoms with Crippen LogP contribution in [0.1, 0.15) is 12.5 Å². The third-order valence-electron chi connectivity index (χ3n) is 3.66. The van der Waals surface area contributed by atoms with Crippen molar-refractivity contribution in [2.75, 3.05) is 20.3 Å². The van der Waals surface area contributed by atoms with Crippen molar-refractivity contribution >= 4 is 17.5 Å². The van der Waals surface area contributed by atoms with Crippen molar-refractivity contribution in [2.24, 2.45) is 5.92 Å². The first-order valence-corrected chi connectivity index (χ1v) is 7.28. The fraction of sp³-hybridized carbons (Fsp3) is 0.533. The van der Waals surface area contributed by atoms with Crippen molar-refractivity contribution in [3.63, 3.8) is 0 Å². The van der Waals surface area contributed by atoms with Crippen LogP contribution in [0.3, 0.4) is 0 Å². The summed E-state index contributed by atoms with van der Waals surface area (Å²) in [5.41, 5.74) is 1.05. The van der Waals surface area contributed by atoms with Crippen molar-refractivity contribution in [3.8, 4) is 0 Å². The zero-order chi connectivity index (χ0) is 14.5. The second-order valence-corrected chi connectivity index (χ2v) is 5.65. The Morgan fingerprint density at radius 2 is 2.20 bits per heavy atom. The lowest BCUT2D eigenvalue weighted by molar-refractivity contribution is -0.126. The van der Waals surface area contributed by atoms with Gasteiger partial charge in [-0.15, -0.1) is 0 Å². The second kappa shape index (κ2) is 7.07. The molecule has 2 rings (SSSR count). The van der Waals surface area contributed by atoms with E-state index in [1.807, 2.05) is 38.2 Å². The summed E-state index contributed by atoms with van der Waals surface area (Å²) in [6.07, 6.45) is 0.725. The molecule has 3 unspecified atom stereocenters. The molecule has 0 radical (unpaired) electrons. The number of hydrogen-bond donors (Lipinski definition) is 2. The molecule has 1 fully saturated rings. The first-order chi connectivity index (χ1) is 9.61. The van der Waals surface area contributed by atoms with Gasteiger partial charge in [0.25, 0.3) is 0 Å². The number of carbonyl (C=O) groups is 1. The number of hydrogen-bond acceptors (Lipinski definition) is 3. The number of rotatable bonds is 5. The molecule has 1 heterocycles. The Balaban J connectivity index is 1.89. The molecular formula is C15H21ClN2O2. The van der Waals surface area contributed by atoms with Crippen LogP contribution in [0.25, 0.3) is 0 Å². The highest BCUT2D eigenvalue weighted by Crippen LogP contribution is 2.17. The minimum atomic E-state index is -0.117. The molecule has 1 aliphatic heterocycles. The molecule has 0 bridgehead atoms. The fourth-order valence-corrected chi connectivity index (χ4v) is 2.70. The molecule has 1 aliphatic rings. The van der Waals surface area contributed by atoms with Crippen LogP contribution in [0.4, 0.5) is 0 Å². The molecule has 0 aromatic heterocycles. The Morgan fingerprint density at radius 1 is 1.45 bits per heavy atom. The van der Waals surface area contributed by atoms with Gasteiger partial charge in [-0.2, -0.15) is 0 Å². The van der Waals surface area contributed by atoms with Crippen LogP contribution in [0.5, 0.6) is 0 Å². The number of likely N-dealkylation sites (N-methyl/N-ethyl adjacent to an activating group) is 1. The molecule has 4 nitrogen and oxygen atoms in total. The summed E-state index contributed by atoms with van der Waals surface area (Å²) in [6.45, 7) is 3.06. The molecule has 2 N–H and O–H groups in total. The van der Waals surface area contributed by atoms with E-state index in [4.69, 9.17) is 16.3 Å². The number of nitrogens with one attached hydrogen (secondary N) is 2. The second-order valence-electron chi connectivity index (χ2n) is 5.24. The zero-order valence-electron chi connectivity index (χ0n) is 11.9. The molecule has 0 spiro atoms. The summed E-state index contributed by atoms with van der Waals surface area (Å²) in [4.78, 5) is 12.2. The monoisotopic (exact) mass is 296 g/mol. The van der Waals surface area contributed by atoms with Gasteiger partial charge in [-0.1, -0.05) is 29.8 Å². The molecule has 0 saturated carbocycles. The van der Waals surface area contributed by atoms with Crippen LogP contribution in [0.2, 0.25) is 5.02 Å². The molecule has 110 valence electrons. The van der Waals surface area contributed by atoms with E-state index in [9.17, 15) is 4.79 Å². The van der Waals surface area contributed by atoms with Gasteiger partial charge in [-0.3, -0.25) is 4.79 Å². The lowest BCUT2D eigenvalue weighted by Gasteiger charge is -2.20. The fourth-order valence-electron chi connectivity index (χ4n) is 2.49. The minimum Gasteiger partial charge on any atom is -0.379 e. The summed E-state index contributed by atoms with van der Waals surface area (Å²) < 4.78 is 5.36. The van der Waals surface area contributed by atoms with Crippen molar-refractivity contribution < 1.29 is 9.53 Å². The average molecular weight is 297 g/mol. The number of halogens is 1. The Labute approximate surface area is 124 Å². The maximum absolute atomic E-state index is 12.2. The van der Waals surface area contributed by atoms with E-state index in [1.54, 1.807) is 0 Å². The van der Waals surface area contributed by atoms with E-state index in [0.717, 1.165) is 17.0 Å². The van der Waals surface area contributed by atoms with Gasteiger partial charge in [0.05, 0.1) is 19.1 Å². The van der Waals surface area contributed by atoms with E-state index in [1.165, 1.54) is 0 Å². The molecule has 1 saturated heterocycles. The molecule has 5 heteroatoms. The Kier molecular flexibility index (Phi) is 5.40. The largest absolute Gasteiger partial charge is 0.379 e. The predicted molar refractivity (Wildman–Crippen MR) is 79.9 cm³/mol. The Morgan fingerprint density at radius 3 is 2.90 bits per heavy atom.